The van der Waals surface area contributed by atoms with Gasteiger partial charge in [-0.15, -0.1) is 0 Å². The summed E-state index contributed by atoms with van der Waals surface area (Å²) < 4.78 is 22.4. The maximum atomic E-state index is 15.5. The molecule has 2 aliphatic heterocycles. The Labute approximate surface area is 241 Å². The number of ether oxygens (including phenoxy) is 1. The molecular formula is C27H38BrFIN5O2. The van der Waals surface area contributed by atoms with E-state index in [4.69, 9.17) is 14.7 Å². The van der Waals surface area contributed by atoms with Gasteiger partial charge in [-0.25, -0.2) is 19.2 Å². The van der Waals surface area contributed by atoms with Crippen molar-refractivity contribution < 1.29 is 13.9 Å². The molecule has 1 aromatic heterocycles. The highest BCUT2D eigenvalue weighted by Gasteiger charge is 2.27. The lowest BCUT2D eigenvalue weighted by Crippen LogP contribution is -2.39. The number of hydrogen-bond acceptors (Lipinski definition) is 6. The lowest BCUT2D eigenvalue weighted by molar-refractivity contribution is 0.0243. The van der Waals surface area contributed by atoms with Crippen molar-refractivity contribution in [2.24, 2.45) is 0 Å². The van der Waals surface area contributed by atoms with Crippen LogP contribution < -0.4 is 4.90 Å². The maximum Gasteiger partial charge on any atom is 0.410 e. The van der Waals surface area contributed by atoms with Crippen molar-refractivity contribution in [1.82, 2.24) is 19.8 Å². The molecule has 0 atom stereocenters. The van der Waals surface area contributed by atoms with Gasteiger partial charge in [0.25, 0.3) is 0 Å². The Hall–Kier alpha value is -1.27. The minimum atomic E-state index is -0.496. The van der Waals surface area contributed by atoms with E-state index in [1.807, 2.05) is 31.7 Å². The van der Waals surface area contributed by atoms with Crippen molar-refractivity contribution in [1.29, 1.82) is 0 Å². The van der Waals surface area contributed by atoms with Crippen LogP contribution in [0.3, 0.4) is 0 Å². The predicted octanol–water partition coefficient (Wildman–Crippen LogP) is 6.56. The number of hydrogen-bond donors (Lipinski definition) is 0. The number of carbonyl (C=O) groups is 1. The van der Waals surface area contributed by atoms with Gasteiger partial charge < -0.3 is 19.4 Å². The molecule has 2 saturated heterocycles. The molecule has 0 bridgehead atoms. The lowest BCUT2D eigenvalue weighted by atomic mass is 9.96. The lowest BCUT2D eigenvalue weighted by Gasteiger charge is -2.32. The molecule has 0 N–H and O–H groups in total. The number of halogens is 3. The molecule has 2 aliphatic rings. The molecule has 2 aromatic rings. The van der Waals surface area contributed by atoms with Crippen LogP contribution in [0.25, 0.3) is 10.9 Å². The summed E-state index contributed by atoms with van der Waals surface area (Å²) in [7, 11) is 2.14. The van der Waals surface area contributed by atoms with E-state index in [-0.39, 0.29) is 17.8 Å². The zero-order chi connectivity index (χ0) is 26.7. The van der Waals surface area contributed by atoms with E-state index >= 15 is 4.39 Å². The number of amides is 1. The maximum absolute atomic E-state index is 15.5. The van der Waals surface area contributed by atoms with Crippen LogP contribution in [-0.2, 0) is 4.74 Å². The predicted molar refractivity (Wildman–Crippen MR) is 158 cm³/mol. The van der Waals surface area contributed by atoms with E-state index in [9.17, 15) is 4.79 Å². The van der Waals surface area contributed by atoms with Crippen LogP contribution in [0.15, 0.2) is 10.5 Å². The Morgan fingerprint density at radius 3 is 2.24 bits per heavy atom. The van der Waals surface area contributed by atoms with Crippen LogP contribution in [0.2, 0.25) is 0 Å². The number of aromatic nitrogens is 2. The minimum absolute atomic E-state index is 0.231. The van der Waals surface area contributed by atoms with Crippen LogP contribution in [0.1, 0.15) is 71.0 Å². The average Bonchev–Trinajstić information content (AvgIpc) is 2.84. The molecule has 0 unspecified atom stereocenters. The summed E-state index contributed by atoms with van der Waals surface area (Å²) in [5.41, 5.74) is -0.0933. The molecule has 204 valence electrons. The Bertz CT molecular complexity index is 1110. The third-order valence-corrected chi connectivity index (χ3v) is 9.44. The first-order valence-electron chi connectivity index (χ1n) is 13.3. The van der Waals surface area contributed by atoms with Crippen LogP contribution in [0.5, 0.6) is 0 Å². The van der Waals surface area contributed by atoms with Crippen molar-refractivity contribution in [3.8, 4) is 0 Å². The first kappa shape index (κ1) is 28.7. The second kappa shape index (κ2) is 12.3. The number of carbonyl (C=O) groups excluding carboxylic acids is 1. The minimum Gasteiger partial charge on any atom is -0.444 e. The second-order valence-corrected chi connectivity index (χ2v) is 13.2. The van der Waals surface area contributed by atoms with Gasteiger partial charge in [0.05, 0.1) is 4.47 Å². The summed E-state index contributed by atoms with van der Waals surface area (Å²) in [4.78, 5) is 29.0. The number of piperidine rings is 1. The van der Waals surface area contributed by atoms with Crippen LogP contribution >= 0.6 is 38.5 Å². The largest absolute Gasteiger partial charge is 0.444 e. The summed E-state index contributed by atoms with van der Waals surface area (Å²) in [6, 6.07) is 2.00. The summed E-state index contributed by atoms with van der Waals surface area (Å²) in [6.45, 7) is 10.7. The Kier molecular flexibility index (Phi) is 9.53. The molecule has 0 spiro atoms. The van der Waals surface area contributed by atoms with Crippen molar-refractivity contribution in [2.45, 2.75) is 70.8 Å². The van der Waals surface area contributed by atoms with Gasteiger partial charge in [-0.05, 0) is 124 Å². The van der Waals surface area contributed by atoms with Crippen LogP contribution in [-0.4, -0.2) is 77.8 Å². The third kappa shape index (κ3) is 7.23. The van der Waals surface area contributed by atoms with Crippen LogP contribution in [0, 0.1) is 9.39 Å². The first-order chi connectivity index (χ1) is 17.5. The second-order valence-electron chi connectivity index (χ2n) is 11.2. The summed E-state index contributed by atoms with van der Waals surface area (Å²) in [5.74, 6) is 1.53. The number of rotatable bonds is 2. The summed E-state index contributed by atoms with van der Waals surface area (Å²) in [6.07, 6.45) is 5.29. The van der Waals surface area contributed by atoms with Crippen molar-refractivity contribution in [2.75, 3.05) is 51.2 Å². The topological polar surface area (TPSA) is 61.8 Å². The molecule has 0 aliphatic carbocycles. The summed E-state index contributed by atoms with van der Waals surface area (Å²) in [5, 5.41) is 0.772. The van der Waals surface area contributed by atoms with Gasteiger partial charge in [-0.2, -0.15) is 0 Å². The smallest absolute Gasteiger partial charge is 0.410 e. The molecule has 7 nitrogen and oxygen atoms in total. The molecule has 0 radical (unpaired) electrons. The fraction of sp³-hybridized carbons (Fsp3) is 0.667. The van der Waals surface area contributed by atoms with E-state index in [0.717, 1.165) is 85.3 Å². The van der Waals surface area contributed by atoms with E-state index in [0.29, 0.717) is 23.1 Å². The monoisotopic (exact) mass is 689 g/mol. The number of nitrogens with zero attached hydrogens (tertiary/aromatic N) is 5. The standard InChI is InChI=1S/C27H38BrFIN5O2/c1-27(2,3)37-26(36)35-13-7-5-11-34(12-6-8-14-35)25-19-17-20(30)21(28)22(29)23(19)31-24(32-25)18-9-15-33(4)16-10-18/h17-18H,5-16H2,1-4H3. The van der Waals surface area contributed by atoms with E-state index < -0.39 is 5.60 Å². The van der Waals surface area contributed by atoms with Gasteiger partial charge in [-0.3, -0.25) is 0 Å². The van der Waals surface area contributed by atoms with Gasteiger partial charge >= 0.3 is 6.09 Å². The van der Waals surface area contributed by atoms with Gasteiger partial charge in [0.1, 0.15) is 22.8 Å². The van der Waals surface area contributed by atoms with Gasteiger partial charge in [0.15, 0.2) is 5.82 Å². The van der Waals surface area contributed by atoms with Gasteiger partial charge in [0.2, 0.25) is 0 Å². The van der Waals surface area contributed by atoms with Crippen molar-refractivity contribution >= 4 is 61.3 Å². The Balaban J connectivity index is 1.60. The Morgan fingerprint density at radius 1 is 1.05 bits per heavy atom. The molecule has 37 heavy (non-hydrogen) atoms. The highest BCUT2D eigenvalue weighted by atomic mass is 127. The SMILES string of the molecule is CN1CCC(c2nc(N3CCCCN(C(=O)OC(C)(C)C)CCCC3)c3cc(I)c(Br)c(F)c3n2)CC1. The van der Waals surface area contributed by atoms with E-state index in [2.05, 4.69) is 55.4 Å². The molecule has 2 fully saturated rings. The summed E-state index contributed by atoms with van der Waals surface area (Å²) >= 11 is 5.59. The highest BCUT2D eigenvalue weighted by molar-refractivity contribution is 14.1. The zero-order valence-corrected chi connectivity index (χ0v) is 26.1. The van der Waals surface area contributed by atoms with Crippen LogP contribution in [0.4, 0.5) is 15.0 Å². The molecule has 1 amide bonds. The Morgan fingerprint density at radius 2 is 1.65 bits per heavy atom. The fourth-order valence-corrected chi connectivity index (χ4v) is 5.87. The number of fused-ring (bicyclic) bond motifs is 1. The number of benzene rings is 1. The van der Waals surface area contributed by atoms with E-state index in [1.165, 1.54) is 0 Å². The molecule has 10 heteroatoms. The molecule has 1 aromatic carbocycles. The highest BCUT2D eigenvalue weighted by Crippen LogP contribution is 2.36. The van der Waals surface area contributed by atoms with Crippen molar-refractivity contribution in [3.05, 3.63) is 25.8 Å². The molecule has 4 rings (SSSR count). The molecule has 3 heterocycles. The molecular weight excluding hydrogens is 652 g/mol. The average molecular weight is 690 g/mol. The van der Waals surface area contributed by atoms with Gasteiger partial charge in [-0.1, -0.05) is 0 Å². The molecule has 0 saturated carbocycles. The fourth-order valence-electron chi connectivity index (χ4n) is 5.02. The quantitative estimate of drug-likeness (QED) is 0.263. The first-order valence-corrected chi connectivity index (χ1v) is 15.2. The third-order valence-electron chi connectivity index (χ3n) is 7.07. The zero-order valence-electron chi connectivity index (χ0n) is 22.3. The number of anilines is 1. The van der Waals surface area contributed by atoms with Gasteiger partial charge in [0, 0.05) is 41.1 Å². The number of likely N-dealkylation sites (tertiary alicyclic amines) is 1. The normalized spacial score (nSPS) is 19.3. The van der Waals surface area contributed by atoms with E-state index in [1.54, 1.807) is 0 Å². The van der Waals surface area contributed by atoms with Crippen molar-refractivity contribution in [3.63, 3.8) is 0 Å².